The summed E-state index contributed by atoms with van der Waals surface area (Å²) in [7, 11) is 3.10. The van der Waals surface area contributed by atoms with Gasteiger partial charge in [-0.3, -0.25) is 4.79 Å². The Labute approximate surface area is 168 Å². The second-order valence-corrected chi connectivity index (χ2v) is 7.58. The van der Waals surface area contributed by atoms with Crippen LogP contribution < -0.4 is 18.9 Å². The van der Waals surface area contributed by atoms with Gasteiger partial charge in [-0.05, 0) is 47.4 Å². The predicted molar refractivity (Wildman–Crippen MR) is 102 cm³/mol. The van der Waals surface area contributed by atoms with Crippen LogP contribution in [0.2, 0.25) is 0 Å². The van der Waals surface area contributed by atoms with Crippen molar-refractivity contribution >= 4 is 5.97 Å². The number of carbonyl (C=O) groups is 1. The van der Waals surface area contributed by atoms with Gasteiger partial charge in [0.15, 0.2) is 23.0 Å². The van der Waals surface area contributed by atoms with Crippen LogP contribution in [-0.2, 0) is 22.6 Å². The summed E-state index contributed by atoms with van der Waals surface area (Å²) < 4.78 is 27.5. The van der Waals surface area contributed by atoms with E-state index in [-0.39, 0.29) is 37.1 Å². The first-order chi connectivity index (χ1) is 14.1. The van der Waals surface area contributed by atoms with Gasteiger partial charge in [0, 0.05) is 17.4 Å². The number of methoxy groups -OCH3 is 2. The molecule has 2 aliphatic heterocycles. The van der Waals surface area contributed by atoms with E-state index in [9.17, 15) is 9.90 Å². The fraction of sp³-hybridized carbons (Fsp3) is 0.409. The molecule has 0 saturated carbocycles. The topological polar surface area (TPSA) is 83.5 Å². The Morgan fingerprint density at radius 3 is 2.59 bits per heavy atom. The molecule has 2 aromatic carbocycles. The third kappa shape index (κ3) is 2.72. The Hall–Kier alpha value is -2.93. The molecular weight excluding hydrogens is 376 g/mol. The van der Waals surface area contributed by atoms with Crippen LogP contribution in [0.4, 0.5) is 0 Å². The van der Waals surface area contributed by atoms with Crippen LogP contribution >= 0.6 is 0 Å². The smallest absolute Gasteiger partial charge is 0.310 e. The number of hydrogen-bond acceptors (Lipinski definition) is 7. The summed E-state index contributed by atoms with van der Waals surface area (Å²) in [6, 6.07) is 7.75. The Morgan fingerprint density at radius 2 is 1.86 bits per heavy atom. The van der Waals surface area contributed by atoms with Crippen molar-refractivity contribution in [2.24, 2.45) is 11.8 Å². The van der Waals surface area contributed by atoms with Gasteiger partial charge in [-0.1, -0.05) is 0 Å². The molecule has 0 amide bonds. The maximum atomic E-state index is 12.7. The number of benzene rings is 2. The summed E-state index contributed by atoms with van der Waals surface area (Å²) in [5.74, 6) is 1.78. The van der Waals surface area contributed by atoms with Crippen molar-refractivity contribution < 1.29 is 33.6 Å². The minimum absolute atomic E-state index is 0.0889. The first kappa shape index (κ1) is 18.1. The first-order valence-electron chi connectivity index (χ1n) is 9.59. The van der Waals surface area contributed by atoms with E-state index in [2.05, 4.69) is 0 Å². The van der Waals surface area contributed by atoms with Gasteiger partial charge in [-0.2, -0.15) is 0 Å². The number of esters is 1. The zero-order chi connectivity index (χ0) is 20.1. The monoisotopic (exact) mass is 398 g/mol. The zero-order valence-corrected chi connectivity index (χ0v) is 16.3. The highest BCUT2D eigenvalue weighted by atomic mass is 16.7. The van der Waals surface area contributed by atoms with E-state index in [4.69, 9.17) is 23.7 Å². The maximum absolute atomic E-state index is 12.7. The first-order valence-corrected chi connectivity index (χ1v) is 9.59. The lowest BCUT2D eigenvalue weighted by Gasteiger charge is -2.34. The van der Waals surface area contributed by atoms with E-state index < -0.39 is 0 Å². The standard InChI is InChI=1S/C22H22O7/c1-25-18-6-12(4-13(8-23)21(18)26-2)19-15-7-17-16(28-10-29-17)5-11(15)3-14-9-27-22(24)20(14)19/h4-7,14,19-20,23H,3,8-10H2,1-2H3. The quantitative estimate of drug-likeness (QED) is 0.792. The van der Waals surface area contributed by atoms with Gasteiger partial charge < -0.3 is 28.8 Å². The number of aliphatic hydroxyl groups excluding tert-OH is 1. The largest absolute Gasteiger partial charge is 0.493 e. The van der Waals surface area contributed by atoms with Crippen molar-refractivity contribution in [1.29, 1.82) is 0 Å². The summed E-state index contributed by atoms with van der Waals surface area (Å²) in [6.45, 7) is 0.406. The van der Waals surface area contributed by atoms with Crippen molar-refractivity contribution in [3.63, 3.8) is 0 Å². The normalized spacial score (nSPS) is 24.0. The summed E-state index contributed by atoms with van der Waals surface area (Å²) in [5.41, 5.74) is 3.63. The molecule has 1 N–H and O–H groups in total. The van der Waals surface area contributed by atoms with Crippen LogP contribution in [0.25, 0.3) is 0 Å². The average molecular weight is 398 g/mol. The van der Waals surface area contributed by atoms with Gasteiger partial charge in [0.25, 0.3) is 0 Å². The van der Waals surface area contributed by atoms with Crippen LogP contribution in [0.5, 0.6) is 23.0 Å². The summed E-state index contributed by atoms with van der Waals surface area (Å²) in [4.78, 5) is 12.7. The van der Waals surface area contributed by atoms with Crippen molar-refractivity contribution in [1.82, 2.24) is 0 Å². The number of carbonyl (C=O) groups excluding carboxylic acids is 1. The van der Waals surface area contributed by atoms with E-state index in [0.29, 0.717) is 29.4 Å². The number of cyclic esters (lactones) is 1. The minimum atomic E-state index is -0.299. The Morgan fingerprint density at radius 1 is 1.07 bits per heavy atom. The average Bonchev–Trinajstić information content (AvgIpc) is 3.35. The van der Waals surface area contributed by atoms with Crippen LogP contribution in [0.1, 0.15) is 28.2 Å². The SMILES string of the molecule is COc1cc(C2c3cc4c(cc3CC3COC(=O)C32)OCO4)cc(CO)c1OC. The lowest BCUT2D eigenvalue weighted by Crippen LogP contribution is -2.31. The molecule has 7 heteroatoms. The fourth-order valence-electron chi connectivity index (χ4n) is 4.87. The molecular formula is C22H22O7. The molecule has 1 fully saturated rings. The van der Waals surface area contributed by atoms with Crippen molar-refractivity contribution in [3.05, 3.63) is 46.5 Å². The van der Waals surface area contributed by atoms with Crippen LogP contribution in [0.15, 0.2) is 24.3 Å². The molecule has 0 radical (unpaired) electrons. The van der Waals surface area contributed by atoms with E-state index in [1.54, 1.807) is 7.11 Å². The number of ether oxygens (including phenoxy) is 5. The lowest BCUT2D eigenvalue weighted by atomic mass is 9.67. The fourth-order valence-corrected chi connectivity index (χ4v) is 4.87. The molecule has 1 aliphatic carbocycles. The van der Waals surface area contributed by atoms with Gasteiger partial charge in [-0.25, -0.2) is 0 Å². The highest BCUT2D eigenvalue weighted by Crippen LogP contribution is 2.51. The zero-order valence-electron chi connectivity index (χ0n) is 16.3. The third-order valence-corrected chi connectivity index (χ3v) is 6.14. The number of hydrogen-bond donors (Lipinski definition) is 1. The number of aliphatic hydroxyl groups is 1. The van der Waals surface area contributed by atoms with E-state index in [0.717, 1.165) is 28.9 Å². The number of rotatable bonds is 4. The molecule has 3 aliphatic rings. The van der Waals surface area contributed by atoms with Crippen molar-refractivity contribution in [3.8, 4) is 23.0 Å². The van der Waals surface area contributed by atoms with Gasteiger partial charge in [0.1, 0.15) is 0 Å². The molecule has 152 valence electrons. The minimum Gasteiger partial charge on any atom is -0.493 e. The molecule has 3 atom stereocenters. The summed E-state index contributed by atoms with van der Waals surface area (Å²) in [5, 5.41) is 9.89. The van der Waals surface area contributed by atoms with Gasteiger partial charge in [-0.15, -0.1) is 0 Å². The Bertz CT molecular complexity index is 958. The van der Waals surface area contributed by atoms with Crippen LogP contribution in [0.3, 0.4) is 0 Å². The molecule has 3 unspecified atom stereocenters. The van der Waals surface area contributed by atoms with E-state index in [1.165, 1.54) is 7.11 Å². The second kappa shape index (κ2) is 6.84. The predicted octanol–water partition coefficient (Wildman–Crippen LogP) is 2.40. The van der Waals surface area contributed by atoms with E-state index >= 15 is 0 Å². The van der Waals surface area contributed by atoms with Crippen molar-refractivity contribution in [2.75, 3.05) is 27.6 Å². The molecule has 1 saturated heterocycles. The maximum Gasteiger partial charge on any atom is 0.310 e. The van der Waals surface area contributed by atoms with Crippen LogP contribution in [0, 0.1) is 11.8 Å². The Balaban J connectivity index is 1.71. The number of fused-ring (bicyclic) bond motifs is 3. The molecule has 2 heterocycles. The molecule has 2 aromatic rings. The summed E-state index contributed by atoms with van der Waals surface area (Å²) in [6.07, 6.45) is 0.749. The lowest BCUT2D eigenvalue weighted by molar-refractivity contribution is -0.141. The van der Waals surface area contributed by atoms with Gasteiger partial charge in [0.05, 0.1) is 33.4 Å². The summed E-state index contributed by atoms with van der Waals surface area (Å²) >= 11 is 0. The second-order valence-electron chi connectivity index (χ2n) is 7.58. The highest BCUT2D eigenvalue weighted by molar-refractivity contribution is 5.78. The molecule has 0 spiro atoms. The van der Waals surface area contributed by atoms with Crippen molar-refractivity contribution in [2.45, 2.75) is 18.9 Å². The molecule has 29 heavy (non-hydrogen) atoms. The highest BCUT2D eigenvalue weighted by Gasteiger charge is 2.48. The molecule has 0 aromatic heterocycles. The molecule has 5 rings (SSSR count). The van der Waals surface area contributed by atoms with E-state index in [1.807, 2.05) is 24.3 Å². The Kier molecular flexibility index (Phi) is 4.28. The molecule has 0 bridgehead atoms. The van der Waals surface area contributed by atoms with Gasteiger partial charge in [0.2, 0.25) is 6.79 Å². The van der Waals surface area contributed by atoms with Gasteiger partial charge >= 0.3 is 5.97 Å². The van der Waals surface area contributed by atoms with Crippen LogP contribution in [-0.4, -0.2) is 38.7 Å². The third-order valence-electron chi connectivity index (χ3n) is 6.14. The molecule has 7 nitrogen and oxygen atoms in total.